The predicted octanol–water partition coefficient (Wildman–Crippen LogP) is 2.80. The van der Waals surface area contributed by atoms with Crippen molar-refractivity contribution in [3.05, 3.63) is 17.7 Å². The predicted molar refractivity (Wildman–Crippen MR) is 93.7 cm³/mol. The molecule has 1 aliphatic rings. The van der Waals surface area contributed by atoms with Crippen LogP contribution in [0.4, 0.5) is 24.5 Å². The number of halogens is 3. The van der Waals surface area contributed by atoms with Gasteiger partial charge in [-0.2, -0.15) is 18.3 Å². The second-order valence-corrected chi connectivity index (χ2v) is 6.00. The number of aryl methyl sites for hydroxylation is 1. The van der Waals surface area contributed by atoms with Gasteiger partial charge in [0.15, 0.2) is 11.5 Å². The number of hydrogen-bond acceptors (Lipinski definition) is 6. The molecule has 0 atom stereocenters. The van der Waals surface area contributed by atoms with Crippen molar-refractivity contribution in [2.75, 3.05) is 18.5 Å². The van der Waals surface area contributed by atoms with Crippen molar-refractivity contribution in [1.29, 1.82) is 5.41 Å². The lowest BCUT2D eigenvalue weighted by Crippen LogP contribution is -2.35. The molecule has 142 valence electrons. The van der Waals surface area contributed by atoms with Crippen LogP contribution in [0.3, 0.4) is 0 Å². The third kappa shape index (κ3) is 3.96. The van der Waals surface area contributed by atoms with Crippen LogP contribution < -0.4 is 5.32 Å². The number of aliphatic imine (C=N–C) groups is 1. The number of benzene rings is 1. The topological polar surface area (TPSA) is 104 Å². The lowest BCUT2D eigenvalue weighted by atomic mass is 10.1. The largest absolute Gasteiger partial charge is 0.508 e. The van der Waals surface area contributed by atoms with E-state index in [1.165, 1.54) is 12.1 Å². The molecule has 1 aliphatic heterocycles. The average Bonchev–Trinajstić information content (AvgIpc) is 2.86. The second-order valence-electron chi connectivity index (χ2n) is 6.00. The number of aliphatic hydroxyl groups excluding tert-OH is 1. The molecule has 0 saturated heterocycles. The van der Waals surface area contributed by atoms with Crippen LogP contribution in [0.2, 0.25) is 0 Å². The Morgan fingerprint density at radius 2 is 2.00 bits per heavy atom. The molecule has 1 heterocycles. The van der Waals surface area contributed by atoms with Crippen LogP contribution in [0.25, 0.3) is 0 Å². The molecule has 0 bridgehead atoms. The molecular formula is C16H20F3N5O2. The van der Waals surface area contributed by atoms with Gasteiger partial charge in [0.05, 0.1) is 18.0 Å². The molecule has 0 amide bonds. The van der Waals surface area contributed by atoms with Crippen molar-refractivity contribution in [2.45, 2.75) is 33.0 Å². The van der Waals surface area contributed by atoms with Gasteiger partial charge in [-0.15, -0.1) is 0 Å². The van der Waals surface area contributed by atoms with Gasteiger partial charge in [0.25, 0.3) is 0 Å². The second kappa shape index (κ2) is 7.32. The van der Waals surface area contributed by atoms with Crippen molar-refractivity contribution in [1.82, 2.24) is 5.01 Å². The minimum absolute atomic E-state index is 0.0654. The molecule has 1 aromatic carbocycles. The van der Waals surface area contributed by atoms with Crippen molar-refractivity contribution in [3.8, 4) is 5.75 Å². The van der Waals surface area contributed by atoms with Gasteiger partial charge in [0.1, 0.15) is 11.5 Å². The van der Waals surface area contributed by atoms with E-state index in [4.69, 9.17) is 10.5 Å². The molecule has 7 nitrogen and oxygen atoms in total. The van der Waals surface area contributed by atoms with Crippen LogP contribution in [-0.4, -0.2) is 57.9 Å². The summed E-state index contributed by atoms with van der Waals surface area (Å²) in [5, 5.41) is 34.0. The smallest absolute Gasteiger partial charge is 0.437 e. The Morgan fingerprint density at radius 3 is 2.54 bits per heavy atom. The Bertz CT molecular complexity index is 772. The number of hydrogen-bond donors (Lipinski definition) is 4. The highest BCUT2D eigenvalue weighted by atomic mass is 19.4. The van der Waals surface area contributed by atoms with Crippen molar-refractivity contribution < 1.29 is 23.4 Å². The highest BCUT2D eigenvalue weighted by Crippen LogP contribution is 2.34. The summed E-state index contributed by atoms with van der Waals surface area (Å²) in [6.07, 6.45) is -4.76. The van der Waals surface area contributed by atoms with Gasteiger partial charge in [0, 0.05) is 18.7 Å². The number of nitrogens with one attached hydrogen (secondary N) is 2. The summed E-state index contributed by atoms with van der Waals surface area (Å²) in [6, 6.07) is 2.27. The van der Waals surface area contributed by atoms with E-state index in [2.05, 4.69) is 15.4 Å². The number of amidine groups is 1. The number of phenolic OH excluding ortho intramolecular Hbond substituents is 1. The van der Waals surface area contributed by atoms with Gasteiger partial charge in [-0.3, -0.25) is 5.41 Å². The number of aliphatic hydroxyl groups is 1. The van der Waals surface area contributed by atoms with Gasteiger partial charge < -0.3 is 15.5 Å². The molecule has 0 radical (unpaired) electrons. The van der Waals surface area contributed by atoms with Gasteiger partial charge in [-0.1, -0.05) is 0 Å². The molecule has 0 aliphatic carbocycles. The van der Waals surface area contributed by atoms with Crippen LogP contribution in [0, 0.1) is 12.3 Å². The maximum atomic E-state index is 13.3. The van der Waals surface area contributed by atoms with Crippen molar-refractivity contribution >= 4 is 28.6 Å². The van der Waals surface area contributed by atoms with Gasteiger partial charge in [0.2, 0.25) is 0 Å². The van der Waals surface area contributed by atoms with E-state index in [0.717, 1.165) is 5.01 Å². The zero-order valence-corrected chi connectivity index (χ0v) is 14.5. The van der Waals surface area contributed by atoms with Crippen molar-refractivity contribution in [2.24, 2.45) is 10.1 Å². The van der Waals surface area contributed by atoms with E-state index in [9.17, 15) is 18.3 Å². The molecule has 26 heavy (non-hydrogen) atoms. The number of alkyl halides is 3. The summed E-state index contributed by atoms with van der Waals surface area (Å²) >= 11 is 0. The van der Waals surface area contributed by atoms with E-state index < -0.39 is 29.5 Å². The molecule has 10 heteroatoms. The zero-order valence-electron chi connectivity index (χ0n) is 14.5. The van der Waals surface area contributed by atoms with Gasteiger partial charge in [-0.05, 0) is 32.4 Å². The SMILES string of the molecule is Cc1cc(N=C2C(=N)N(C(C)C)N=C2C(F)(F)F)c(NCCO)cc1O. The Morgan fingerprint density at radius 1 is 1.35 bits per heavy atom. The number of nitrogens with zero attached hydrogens (tertiary/aromatic N) is 3. The highest BCUT2D eigenvalue weighted by Gasteiger charge is 2.46. The molecule has 0 spiro atoms. The first-order chi connectivity index (χ1) is 12.1. The highest BCUT2D eigenvalue weighted by molar-refractivity contribution is 6.70. The van der Waals surface area contributed by atoms with Crippen LogP contribution >= 0.6 is 0 Å². The number of anilines is 1. The summed E-state index contributed by atoms with van der Waals surface area (Å²) in [4.78, 5) is 4.02. The van der Waals surface area contributed by atoms with Crippen LogP contribution in [0.5, 0.6) is 5.75 Å². The minimum atomic E-state index is -4.76. The van der Waals surface area contributed by atoms with E-state index in [1.54, 1.807) is 20.8 Å². The maximum Gasteiger partial charge on any atom is 0.437 e. The number of aromatic hydroxyl groups is 1. The van der Waals surface area contributed by atoms with E-state index in [0.29, 0.717) is 5.56 Å². The Labute approximate surface area is 148 Å². The molecule has 4 N–H and O–H groups in total. The zero-order chi connectivity index (χ0) is 19.6. The van der Waals surface area contributed by atoms with E-state index in [1.807, 2.05) is 0 Å². The fourth-order valence-electron chi connectivity index (χ4n) is 2.32. The summed E-state index contributed by atoms with van der Waals surface area (Å²) in [5.74, 6) is -0.518. The number of hydrazone groups is 1. The summed E-state index contributed by atoms with van der Waals surface area (Å²) < 4.78 is 40.0. The van der Waals surface area contributed by atoms with Crippen LogP contribution in [0.1, 0.15) is 19.4 Å². The standard InChI is InChI=1S/C16H20F3N5O2/c1-8(2)24-15(20)13(14(23-24)16(17,18)19)22-11-6-9(3)12(26)7-10(11)21-4-5-25/h6-8,20-21,25-26H,4-5H2,1-3H3. The molecule has 0 fully saturated rings. The maximum absolute atomic E-state index is 13.3. The molecule has 1 aromatic rings. The molecule has 0 aromatic heterocycles. The third-order valence-corrected chi connectivity index (χ3v) is 3.62. The lowest BCUT2D eigenvalue weighted by molar-refractivity contribution is -0.0571. The number of rotatable bonds is 5. The summed E-state index contributed by atoms with van der Waals surface area (Å²) in [7, 11) is 0. The van der Waals surface area contributed by atoms with E-state index >= 15 is 0 Å². The third-order valence-electron chi connectivity index (χ3n) is 3.62. The van der Waals surface area contributed by atoms with Crippen LogP contribution in [0.15, 0.2) is 22.2 Å². The van der Waals surface area contributed by atoms with Gasteiger partial charge in [-0.25, -0.2) is 10.0 Å². The first-order valence-corrected chi connectivity index (χ1v) is 7.87. The monoisotopic (exact) mass is 371 g/mol. The first-order valence-electron chi connectivity index (χ1n) is 7.87. The molecular weight excluding hydrogens is 351 g/mol. The summed E-state index contributed by atoms with van der Waals surface area (Å²) in [5.41, 5.74) is -1.07. The molecule has 0 saturated carbocycles. The molecule has 0 unspecified atom stereocenters. The lowest BCUT2D eigenvalue weighted by Gasteiger charge is -2.17. The average molecular weight is 371 g/mol. The normalized spacial score (nSPS) is 16.6. The Kier molecular flexibility index (Phi) is 5.55. The van der Waals surface area contributed by atoms with Crippen LogP contribution in [-0.2, 0) is 0 Å². The minimum Gasteiger partial charge on any atom is -0.508 e. The first kappa shape index (κ1) is 19.7. The fraction of sp³-hybridized carbons (Fsp3) is 0.438. The van der Waals surface area contributed by atoms with Crippen molar-refractivity contribution in [3.63, 3.8) is 0 Å². The fourth-order valence-corrected chi connectivity index (χ4v) is 2.32. The Balaban J connectivity index is 2.58. The quantitative estimate of drug-likeness (QED) is 0.639. The summed E-state index contributed by atoms with van der Waals surface area (Å²) in [6.45, 7) is 4.73. The Hall–Kier alpha value is -2.62. The van der Waals surface area contributed by atoms with Gasteiger partial charge >= 0.3 is 6.18 Å². The number of phenols is 1. The molecule has 2 rings (SSSR count). The van der Waals surface area contributed by atoms with E-state index in [-0.39, 0.29) is 30.3 Å².